The summed E-state index contributed by atoms with van der Waals surface area (Å²) in [5.74, 6) is -0.338. The van der Waals surface area contributed by atoms with Gasteiger partial charge in [0, 0.05) is 16.4 Å². The molecular formula is C13H11BrN2O2. The van der Waals surface area contributed by atoms with Crippen LogP contribution in [0.5, 0.6) is 5.75 Å². The van der Waals surface area contributed by atoms with Crippen molar-refractivity contribution in [3.05, 3.63) is 52.3 Å². The van der Waals surface area contributed by atoms with Crippen LogP contribution in [0.1, 0.15) is 15.9 Å². The summed E-state index contributed by atoms with van der Waals surface area (Å²) < 4.78 is 0.986. The van der Waals surface area contributed by atoms with Crippen molar-refractivity contribution in [3.8, 4) is 5.75 Å². The Morgan fingerprint density at radius 3 is 2.78 bits per heavy atom. The van der Waals surface area contributed by atoms with Crippen molar-refractivity contribution in [2.45, 2.75) is 6.92 Å². The minimum absolute atomic E-state index is 0.0327. The molecule has 2 aromatic rings. The van der Waals surface area contributed by atoms with Crippen molar-refractivity contribution in [1.82, 2.24) is 4.98 Å². The van der Waals surface area contributed by atoms with Crippen LogP contribution in [0.15, 0.2) is 41.1 Å². The fourth-order valence-corrected chi connectivity index (χ4v) is 1.72. The van der Waals surface area contributed by atoms with E-state index < -0.39 is 0 Å². The van der Waals surface area contributed by atoms with Gasteiger partial charge in [0.15, 0.2) is 0 Å². The number of benzene rings is 1. The third kappa shape index (κ3) is 2.87. The molecule has 0 radical (unpaired) electrons. The van der Waals surface area contributed by atoms with E-state index in [0.29, 0.717) is 11.3 Å². The lowest BCUT2D eigenvalue weighted by molar-refractivity contribution is 0.102. The van der Waals surface area contributed by atoms with E-state index in [4.69, 9.17) is 0 Å². The fraction of sp³-hybridized carbons (Fsp3) is 0.0769. The van der Waals surface area contributed by atoms with Gasteiger partial charge in [-0.1, -0.05) is 15.9 Å². The molecule has 0 saturated heterocycles. The van der Waals surface area contributed by atoms with E-state index in [2.05, 4.69) is 26.2 Å². The molecule has 5 heteroatoms. The first-order valence-corrected chi connectivity index (χ1v) is 6.07. The summed E-state index contributed by atoms with van der Waals surface area (Å²) in [6.07, 6.45) is 2.68. The van der Waals surface area contributed by atoms with Crippen molar-refractivity contribution in [3.63, 3.8) is 0 Å². The van der Waals surface area contributed by atoms with Crippen LogP contribution in [-0.4, -0.2) is 16.0 Å². The molecule has 1 aromatic carbocycles. The summed E-state index contributed by atoms with van der Waals surface area (Å²) in [5.41, 5.74) is 2.04. The molecule has 0 spiro atoms. The third-order valence-corrected chi connectivity index (χ3v) is 3.29. The molecule has 1 heterocycles. The molecule has 18 heavy (non-hydrogen) atoms. The summed E-state index contributed by atoms with van der Waals surface area (Å²) in [5, 5.41) is 12.0. The summed E-state index contributed by atoms with van der Waals surface area (Å²) in [6, 6.07) is 6.89. The Morgan fingerprint density at radius 1 is 1.33 bits per heavy atom. The molecule has 1 aromatic heterocycles. The maximum absolute atomic E-state index is 11.9. The van der Waals surface area contributed by atoms with E-state index >= 15 is 0 Å². The average molecular weight is 307 g/mol. The number of nitrogens with one attached hydrogen (secondary N) is 1. The molecule has 0 bridgehead atoms. The van der Waals surface area contributed by atoms with Crippen LogP contribution in [0.4, 0.5) is 5.69 Å². The Morgan fingerprint density at radius 2 is 2.11 bits per heavy atom. The van der Waals surface area contributed by atoms with Crippen molar-refractivity contribution >= 4 is 27.5 Å². The lowest BCUT2D eigenvalue weighted by Crippen LogP contribution is -2.12. The number of aromatic hydroxyl groups is 1. The number of amides is 1. The molecule has 92 valence electrons. The van der Waals surface area contributed by atoms with Gasteiger partial charge < -0.3 is 10.4 Å². The Bertz CT molecular complexity index is 599. The van der Waals surface area contributed by atoms with Crippen molar-refractivity contribution in [1.29, 1.82) is 0 Å². The zero-order chi connectivity index (χ0) is 13.1. The number of carbonyl (C=O) groups is 1. The number of rotatable bonds is 2. The minimum Gasteiger partial charge on any atom is -0.506 e. The normalized spacial score (nSPS) is 10.1. The van der Waals surface area contributed by atoms with Crippen LogP contribution in [-0.2, 0) is 0 Å². The molecule has 0 aliphatic heterocycles. The van der Waals surface area contributed by atoms with E-state index in [1.54, 1.807) is 6.07 Å². The summed E-state index contributed by atoms with van der Waals surface area (Å²) in [6.45, 7) is 1.94. The highest BCUT2D eigenvalue weighted by Gasteiger charge is 2.07. The highest BCUT2D eigenvalue weighted by atomic mass is 79.9. The van der Waals surface area contributed by atoms with Crippen LogP contribution in [0.25, 0.3) is 0 Å². The number of hydrogen-bond donors (Lipinski definition) is 2. The van der Waals surface area contributed by atoms with Crippen LogP contribution in [0.3, 0.4) is 0 Å². The Hall–Kier alpha value is -1.88. The largest absolute Gasteiger partial charge is 0.506 e. The maximum atomic E-state index is 11.9. The zero-order valence-corrected chi connectivity index (χ0v) is 11.2. The van der Waals surface area contributed by atoms with E-state index in [1.807, 2.05) is 19.1 Å². The van der Waals surface area contributed by atoms with Gasteiger partial charge in [-0.3, -0.25) is 9.78 Å². The summed E-state index contributed by atoms with van der Waals surface area (Å²) >= 11 is 3.39. The third-order valence-electron chi connectivity index (χ3n) is 2.40. The van der Waals surface area contributed by atoms with Crippen LogP contribution in [0, 0.1) is 6.92 Å². The van der Waals surface area contributed by atoms with Gasteiger partial charge in [-0.2, -0.15) is 0 Å². The Balaban J connectivity index is 2.18. The van der Waals surface area contributed by atoms with E-state index in [0.717, 1.165) is 10.0 Å². The number of aromatic nitrogens is 1. The standard InChI is InChI=1S/C13H11BrN2O2/c1-8-4-10(2-3-12(8)14)16-13(18)9-5-11(17)7-15-6-9/h2-7,17H,1H3,(H,16,18). The smallest absolute Gasteiger partial charge is 0.257 e. The van der Waals surface area contributed by atoms with Crippen LogP contribution >= 0.6 is 15.9 Å². The molecule has 0 unspecified atom stereocenters. The Labute approximate surface area is 113 Å². The summed E-state index contributed by atoms with van der Waals surface area (Å²) in [4.78, 5) is 15.6. The van der Waals surface area contributed by atoms with Gasteiger partial charge in [-0.25, -0.2) is 0 Å². The second kappa shape index (κ2) is 5.18. The number of hydrogen-bond acceptors (Lipinski definition) is 3. The van der Waals surface area contributed by atoms with E-state index in [1.165, 1.54) is 18.5 Å². The van der Waals surface area contributed by atoms with Gasteiger partial charge in [-0.05, 0) is 36.8 Å². The van der Waals surface area contributed by atoms with Crippen LogP contribution < -0.4 is 5.32 Å². The van der Waals surface area contributed by atoms with Gasteiger partial charge in [0.2, 0.25) is 0 Å². The molecule has 0 atom stereocenters. The van der Waals surface area contributed by atoms with Crippen LogP contribution in [0.2, 0.25) is 0 Å². The topological polar surface area (TPSA) is 62.2 Å². The van der Waals surface area contributed by atoms with Gasteiger partial charge in [0.05, 0.1) is 11.8 Å². The number of anilines is 1. The van der Waals surface area contributed by atoms with E-state index in [-0.39, 0.29) is 11.7 Å². The number of aryl methyl sites for hydroxylation is 1. The molecule has 0 aliphatic carbocycles. The highest BCUT2D eigenvalue weighted by Crippen LogP contribution is 2.20. The average Bonchev–Trinajstić information content (AvgIpc) is 2.34. The van der Waals surface area contributed by atoms with Crippen molar-refractivity contribution in [2.24, 2.45) is 0 Å². The second-order valence-corrected chi connectivity index (χ2v) is 4.70. The molecule has 2 rings (SSSR count). The molecule has 1 amide bonds. The molecule has 0 aliphatic rings. The van der Waals surface area contributed by atoms with Gasteiger partial charge in [0.1, 0.15) is 5.75 Å². The predicted molar refractivity (Wildman–Crippen MR) is 72.7 cm³/mol. The van der Waals surface area contributed by atoms with E-state index in [9.17, 15) is 9.90 Å². The van der Waals surface area contributed by atoms with Crippen molar-refractivity contribution in [2.75, 3.05) is 5.32 Å². The molecule has 0 saturated carbocycles. The SMILES string of the molecule is Cc1cc(NC(=O)c2cncc(O)c2)ccc1Br. The first kappa shape index (κ1) is 12.6. The highest BCUT2D eigenvalue weighted by molar-refractivity contribution is 9.10. The first-order valence-electron chi connectivity index (χ1n) is 5.28. The number of carbonyl (C=O) groups excluding carboxylic acids is 1. The van der Waals surface area contributed by atoms with Gasteiger partial charge in [-0.15, -0.1) is 0 Å². The monoisotopic (exact) mass is 306 g/mol. The van der Waals surface area contributed by atoms with Gasteiger partial charge >= 0.3 is 0 Å². The lowest BCUT2D eigenvalue weighted by atomic mass is 10.2. The molecule has 0 fully saturated rings. The maximum Gasteiger partial charge on any atom is 0.257 e. The Kier molecular flexibility index (Phi) is 3.62. The van der Waals surface area contributed by atoms with Gasteiger partial charge in [0.25, 0.3) is 5.91 Å². The van der Waals surface area contributed by atoms with Crippen molar-refractivity contribution < 1.29 is 9.90 Å². The molecule has 4 nitrogen and oxygen atoms in total. The second-order valence-electron chi connectivity index (χ2n) is 3.85. The first-order chi connectivity index (χ1) is 8.56. The summed E-state index contributed by atoms with van der Waals surface area (Å²) in [7, 11) is 0. The quantitative estimate of drug-likeness (QED) is 0.896. The zero-order valence-electron chi connectivity index (χ0n) is 9.64. The lowest BCUT2D eigenvalue weighted by Gasteiger charge is -2.07. The molecular weight excluding hydrogens is 296 g/mol. The predicted octanol–water partition coefficient (Wildman–Crippen LogP) is 3.11. The fourth-order valence-electron chi connectivity index (χ4n) is 1.48. The number of nitrogens with zero attached hydrogens (tertiary/aromatic N) is 1. The number of pyridine rings is 1. The molecule has 2 N–H and O–H groups in total. The minimum atomic E-state index is -0.305. The number of halogens is 1.